The molecular weight excluding hydrogens is 106 g/mol. The number of oxime groups is 1. The third-order valence-electron chi connectivity index (χ3n) is 0.644. The summed E-state index contributed by atoms with van der Waals surface area (Å²) in [6, 6.07) is 0. The van der Waals surface area contributed by atoms with Gasteiger partial charge in [0, 0.05) is 0 Å². The fourth-order valence-electron chi connectivity index (χ4n) is 0.171. The Kier molecular flexibility index (Phi) is 2.19. The SMILES string of the molecule is CC(C)([C]=O)C=NO. The molecule has 0 saturated carbocycles. The van der Waals surface area contributed by atoms with E-state index in [-0.39, 0.29) is 0 Å². The average Bonchev–Trinajstić information content (AvgIpc) is 1.67. The van der Waals surface area contributed by atoms with Gasteiger partial charge in [-0.15, -0.1) is 5.16 Å². The normalized spacial score (nSPS) is 12.2. The van der Waals surface area contributed by atoms with Crippen molar-refractivity contribution in [2.24, 2.45) is 10.6 Å². The van der Waals surface area contributed by atoms with Crippen LogP contribution in [0, 0.1) is 5.41 Å². The fraction of sp³-hybridized carbons (Fsp3) is 0.600. The number of rotatable bonds is 2. The molecule has 0 saturated heterocycles. The lowest BCUT2D eigenvalue weighted by molar-refractivity contribution is 0.317. The summed E-state index contributed by atoms with van der Waals surface area (Å²) in [5.74, 6) is 0. The lowest BCUT2D eigenvalue weighted by Gasteiger charge is -2.03. The van der Waals surface area contributed by atoms with Gasteiger partial charge in [-0.2, -0.15) is 0 Å². The zero-order valence-corrected chi connectivity index (χ0v) is 4.88. The highest BCUT2D eigenvalue weighted by Crippen LogP contribution is 2.04. The molecule has 0 amide bonds. The van der Waals surface area contributed by atoms with Gasteiger partial charge in [0.1, 0.15) is 0 Å². The van der Waals surface area contributed by atoms with Gasteiger partial charge >= 0.3 is 0 Å². The van der Waals surface area contributed by atoms with Crippen LogP contribution in [-0.4, -0.2) is 17.7 Å². The van der Waals surface area contributed by atoms with Crippen molar-refractivity contribution in [3.63, 3.8) is 0 Å². The van der Waals surface area contributed by atoms with Crippen molar-refractivity contribution >= 4 is 12.5 Å². The molecule has 0 spiro atoms. The van der Waals surface area contributed by atoms with Gasteiger partial charge in [-0.25, -0.2) is 0 Å². The standard InChI is InChI=1S/C5H8NO2/c1-5(2,4-7)3-6-8/h3,8H,1-2H3. The van der Waals surface area contributed by atoms with Gasteiger partial charge in [0.2, 0.25) is 6.29 Å². The summed E-state index contributed by atoms with van der Waals surface area (Å²) in [5, 5.41) is 10.6. The van der Waals surface area contributed by atoms with Crippen molar-refractivity contribution in [1.82, 2.24) is 0 Å². The molecule has 8 heavy (non-hydrogen) atoms. The third kappa shape index (κ3) is 2.34. The Morgan fingerprint density at radius 1 is 1.75 bits per heavy atom. The summed E-state index contributed by atoms with van der Waals surface area (Å²) >= 11 is 0. The van der Waals surface area contributed by atoms with E-state index in [0.717, 1.165) is 6.21 Å². The van der Waals surface area contributed by atoms with Crippen molar-refractivity contribution in [3.05, 3.63) is 0 Å². The molecule has 0 aromatic heterocycles. The monoisotopic (exact) mass is 114 g/mol. The quantitative estimate of drug-likeness (QED) is 0.324. The maximum absolute atomic E-state index is 9.89. The van der Waals surface area contributed by atoms with Crippen LogP contribution in [0.3, 0.4) is 0 Å². The predicted molar refractivity (Wildman–Crippen MR) is 29.8 cm³/mol. The molecule has 45 valence electrons. The zero-order chi connectivity index (χ0) is 6.62. The fourth-order valence-corrected chi connectivity index (χ4v) is 0.171. The molecule has 1 radical (unpaired) electrons. The number of nitrogens with zero attached hydrogens (tertiary/aromatic N) is 1. The van der Waals surface area contributed by atoms with Crippen LogP contribution >= 0.6 is 0 Å². The molecule has 0 aromatic carbocycles. The second-order valence-corrected chi connectivity index (χ2v) is 2.07. The van der Waals surface area contributed by atoms with Crippen LogP contribution in [0.4, 0.5) is 0 Å². The third-order valence-corrected chi connectivity index (χ3v) is 0.644. The Balaban J connectivity index is 3.90. The molecule has 0 aliphatic rings. The minimum atomic E-state index is -0.755. The summed E-state index contributed by atoms with van der Waals surface area (Å²) in [5.41, 5.74) is -0.755. The van der Waals surface area contributed by atoms with Crippen molar-refractivity contribution in [2.75, 3.05) is 0 Å². The molecule has 3 nitrogen and oxygen atoms in total. The topological polar surface area (TPSA) is 49.7 Å². The van der Waals surface area contributed by atoms with Crippen LogP contribution in [-0.2, 0) is 4.79 Å². The minimum absolute atomic E-state index is 0.755. The minimum Gasteiger partial charge on any atom is -0.411 e. The summed E-state index contributed by atoms with van der Waals surface area (Å²) in [7, 11) is 0. The smallest absolute Gasteiger partial charge is 0.210 e. The average molecular weight is 114 g/mol. The lowest BCUT2D eigenvalue weighted by atomic mass is 9.98. The van der Waals surface area contributed by atoms with Crippen LogP contribution in [0.25, 0.3) is 0 Å². The Labute approximate surface area is 48.0 Å². The summed E-state index contributed by atoms with van der Waals surface area (Å²) in [6.07, 6.45) is 2.81. The number of hydrogen-bond acceptors (Lipinski definition) is 3. The highest BCUT2D eigenvalue weighted by Gasteiger charge is 2.13. The second-order valence-electron chi connectivity index (χ2n) is 2.07. The van der Waals surface area contributed by atoms with Crippen molar-refractivity contribution in [3.8, 4) is 0 Å². The molecule has 0 bridgehead atoms. The molecule has 0 aliphatic heterocycles. The van der Waals surface area contributed by atoms with Crippen molar-refractivity contribution in [2.45, 2.75) is 13.8 Å². The maximum atomic E-state index is 9.89. The molecule has 0 unspecified atom stereocenters. The molecule has 1 N–H and O–H groups in total. The van der Waals surface area contributed by atoms with E-state index in [1.807, 2.05) is 0 Å². The van der Waals surface area contributed by atoms with Gasteiger partial charge in [-0.1, -0.05) is 0 Å². The number of hydrogen-bond donors (Lipinski definition) is 1. The van der Waals surface area contributed by atoms with Crippen molar-refractivity contribution < 1.29 is 10.0 Å². The number of carbonyl (C=O) groups excluding carboxylic acids is 1. The molecule has 0 atom stereocenters. The summed E-state index contributed by atoms with van der Waals surface area (Å²) < 4.78 is 0. The highest BCUT2D eigenvalue weighted by molar-refractivity contribution is 5.85. The molecule has 0 aliphatic carbocycles. The van der Waals surface area contributed by atoms with Crippen LogP contribution in [0.2, 0.25) is 0 Å². The first-order valence-electron chi connectivity index (χ1n) is 2.20. The van der Waals surface area contributed by atoms with E-state index < -0.39 is 5.41 Å². The van der Waals surface area contributed by atoms with E-state index in [9.17, 15) is 4.79 Å². The Morgan fingerprint density at radius 3 is 2.38 bits per heavy atom. The second kappa shape index (κ2) is 2.45. The molecule has 0 rings (SSSR count). The van der Waals surface area contributed by atoms with E-state index >= 15 is 0 Å². The molecule has 0 heterocycles. The van der Waals surface area contributed by atoms with Crippen molar-refractivity contribution in [1.29, 1.82) is 0 Å². The van der Waals surface area contributed by atoms with Gasteiger partial charge in [0.25, 0.3) is 0 Å². The van der Waals surface area contributed by atoms with E-state index in [4.69, 9.17) is 5.21 Å². The van der Waals surface area contributed by atoms with Crippen LogP contribution < -0.4 is 0 Å². The Bertz CT molecular complexity index is 107. The largest absolute Gasteiger partial charge is 0.411 e. The predicted octanol–water partition coefficient (Wildman–Crippen LogP) is 0.582. The molecule has 3 heteroatoms. The van der Waals surface area contributed by atoms with Gasteiger partial charge in [0.15, 0.2) is 0 Å². The van der Waals surface area contributed by atoms with E-state index in [0.29, 0.717) is 0 Å². The first-order valence-corrected chi connectivity index (χ1v) is 2.20. The van der Waals surface area contributed by atoms with Gasteiger partial charge in [-0.3, -0.25) is 4.79 Å². The van der Waals surface area contributed by atoms with Gasteiger partial charge in [0.05, 0.1) is 11.6 Å². The van der Waals surface area contributed by atoms with Gasteiger partial charge < -0.3 is 5.21 Å². The van der Waals surface area contributed by atoms with Crippen LogP contribution in [0.1, 0.15) is 13.8 Å². The first kappa shape index (κ1) is 7.14. The maximum Gasteiger partial charge on any atom is 0.210 e. The van der Waals surface area contributed by atoms with Crippen LogP contribution in [0.5, 0.6) is 0 Å². The lowest BCUT2D eigenvalue weighted by Crippen LogP contribution is -2.13. The first-order chi connectivity index (χ1) is 3.62. The molecule has 0 aromatic rings. The summed E-state index contributed by atoms with van der Waals surface area (Å²) in [6.45, 7) is 3.19. The Morgan fingerprint density at radius 2 is 2.25 bits per heavy atom. The van der Waals surface area contributed by atoms with E-state index in [1.165, 1.54) is 0 Å². The van der Waals surface area contributed by atoms with E-state index in [1.54, 1.807) is 20.1 Å². The molecule has 0 fully saturated rings. The highest BCUT2D eigenvalue weighted by atomic mass is 16.4. The summed E-state index contributed by atoms with van der Waals surface area (Å²) in [4.78, 5) is 9.89. The zero-order valence-electron chi connectivity index (χ0n) is 4.88. The van der Waals surface area contributed by atoms with Crippen LogP contribution in [0.15, 0.2) is 5.16 Å². The van der Waals surface area contributed by atoms with Gasteiger partial charge in [-0.05, 0) is 13.8 Å². The van der Waals surface area contributed by atoms with E-state index in [2.05, 4.69) is 5.16 Å². The Hall–Kier alpha value is -0.860. The molecular formula is C5H8NO2.